The first-order valence-corrected chi connectivity index (χ1v) is 7.39. The number of nitrogens with zero attached hydrogens (tertiary/aromatic N) is 2. The maximum atomic E-state index is 11.5. The van der Waals surface area contributed by atoms with Gasteiger partial charge < -0.3 is 20.3 Å². The first kappa shape index (κ1) is 16.0. The van der Waals surface area contributed by atoms with Gasteiger partial charge >= 0.3 is 6.03 Å². The predicted octanol–water partition coefficient (Wildman–Crippen LogP) is 1.15. The van der Waals surface area contributed by atoms with Gasteiger partial charge in [0.05, 0.1) is 6.10 Å². The fraction of sp³-hybridized carbons (Fsp3) is 0.375. The molecule has 0 saturated carbocycles. The average molecular weight is 302 g/mol. The van der Waals surface area contributed by atoms with Crippen LogP contribution in [0.25, 0.3) is 0 Å². The molecule has 0 aliphatic rings. The number of hydrogen-bond acceptors (Lipinski definition) is 3. The molecule has 1 heterocycles. The second-order valence-corrected chi connectivity index (χ2v) is 5.19. The highest BCUT2D eigenvalue weighted by Crippen LogP contribution is 2.05. The molecule has 118 valence electrons. The topological polar surface area (TPSA) is 79.2 Å². The highest BCUT2D eigenvalue weighted by Gasteiger charge is 2.05. The number of carbonyl (C=O) groups excluding carboxylic acids is 1. The molecule has 1 aromatic heterocycles. The van der Waals surface area contributed by atoms with Crippen LogP contribution in [0.4, 0.5) is 4.79 Å². The van der Waals surface area contributed by atoms with Gasteiger partial charge in [0.1, 0.15) is 5.82 Å². The number of urea groups is 1. The van der Waals surface area contributed by atoms with Gasteiger partial charge in [0, 0.05) is 38.4 Å². The van der Waals surface area contributed by atoms with E-state index in [1.54, 1.807) is 13.1 Å². The van der Waals surface area contributed by atoms with Crippen LogP contribution in [0.5, 0.6) is 0 Å². The maximum Gasteiger partial charge on any atom is 0.314 e. The van der Waals surface area contributed by atoms with E-state index in [2.05, 4.69) is 32.3 Å². The Labute approximate surface area is 130 Å². The molecular formula is C16H22N4O2. The van der Waals surface area contributed by atoms with Gasteiger partial charge in [0.25, 0.3) is 0 Å². The number of nitrogens with one attached hydrogen (secondary N) is 2. The van der Waals surface area contributed by atoms with Crippen molar-refractivity contribution in [1.29, 1.82) is 0 Å². The summed E-state index contributed by atoms with van der Waals surface area (Å²) in [7, 11) is 0. The van der Waals surface area contributed by atoms with E-state index < -0.39 is 6.10 Å². The summed E-state index contributed by atoms with van der Waals surface area (Å²) in [5.41, 5.74) is 1.21. The largest absolute Gasteiger partial charge is 0.392 e. The number of benzene rings is 1. The Morgan fingerprint density at radius 2 is 2.09 bits per heavy atom. The van der Waals surface area contributed by atoms with Gasteiger partial charge in [-0.2, -0.15) is 0 Å². The van der Waals surface area contributed by atoms with Crippen molar-refractivity contribution in [3.8, 4) is 0 Å². The lowest BCUT2D eigenvalue weighted by Gasteiger charge is -2.10. The standard InChI is InChI=1S/C16H22N4O2/c1-13(21)11-19-16(22)18-8-7-15-17-9-10-20(15)12-14-5-3-2-4-6-14/h2-6,9-10,13,21H,7-8,11-12H2,1H3,(H2,18,19,22)/t13-/m1/s1. The number of aliphatic hydroxyl groups excluding tert-OH is 1. The Morgan fingerprint density at radius 1 is 1.32 bits per heavy atom. The van der Waals surface area contributed by atoms with Crippen LogP contribution in [-0.4, -0.2) is 39.9 Å². The van der Waals surface area contributed by atoms with E-state index in [9.17, 15) is 4.79 Å². The summed E-state index contributed by atoms with van der Waals surface area (Å²) >= 11 is 0. The molecular weight excluding hydrogens is 280 g/mol. The fourth-order valence-corrected chi connectivity index (χ4v) is 2.08. The zero-order valence-corrected chi connectivity index (χ0v) is 12.7. The summed E-state index contributed by atoms with van der Waals surface area (Å²) in [6, 6.07) is 9.90. The molecule has 6 heteroatoms. The van der Waals surface area contributed by atoms with Crippen molar-refractivity contribution in [2.45, 2.75) is 26.0 Å². The van der Waals surface area contributed by atoms with Crippen molar-refractivity contribution in [3.63, 3.8) is 0 Å². The highest BCUT2D eigenvalue weighted by molar-refractivity contribution is 5.73. The lowest BCUT2D eigenvalue weighted by molar-refractivity contribution is 0.187. The van der Waals surface area contributed by atoms with E-state index in [0.29, 0.717) is 13.0 Å². The van der Waals surface area contributed by atoms with Crippen molar-refractivity contribution >= 4 is 6.03 Å². The van der Waals surface area contributed by atoms with Gasteiger partial charge in [0.2, 0.25) is 0 Å². The molecule has 2 rings (SSSR count). The number of aromatic nitrogens is 2. The summed E-state index contributed by atoms with van der Waals surface area (Å²) in [6.07, 6.45) is 3.82. The van der Waals surface area contributed by atoms with Gasteiger partial charge in [-0.25, -0.2) is 9.78 Å². The fourth-order valence-electron chi connectivity index (χ4n) is 2.08. The van der Waals surface area contributed by atoms with Crippen LogP contribution in [0.1, 0.15) is 18.3 Å². The summed E-state index contributed by atoms with van der Waals surface area (Å²) in [4.78, 5) is 15.8. The zero-order valence-electron chi connectivity index (χ0n) is 12.7. The monoisotopic (exact) mass is 302 g/mol. The van der Waals surface area contributed by atoms with Gasteiger partial charge in [-0.05, 0) is 12.5 Å². The summed E-state index contributed by atoms with van der Waals surface area (Å²) < 4.78 is 2.07. The van der Waals surface area contributed by atoms with Crippen molar-refractivity contribution in [1.82, 2.24) is 20.2 Å². The van der Waals surface area contributed by atoms with Crippen molar-refractivity contribution in [2.24, 2.45) is 0 Å². The van der Waals surface area contributed by atoms with E-state index in [0.717, 1.165) is 12.4 Å². The van der Waals surface area contributed by atoms with E-state index in [1.807, 2.05) is 24.4 Å². The minimum Gasteiger partial charge on any atom is -0.392 e. The van der Waals surface area contributed by atoms with Gasteiger partial charge in [-0.1, -0.05) is 30.3 Å². The molecule has 3 N–H and O–H groups in total. The van der Waals surface area contributed by atoms with Crippen molar-refractivity contribution in [3.05, 3.63) is 54.1 Å². The van der Waals surface area contributed by atoms with Crippen LogP contribution >= 0.6 is 0 Å². The maximum absolute atomic E-state index is 11.5. The van der Waals surface area contributed by atoms with Crippen LogP contribution in [0, 0.1) is 0 Å². The third-order valence-electron chi connectivity index (χ3n) is 3.19. The number of aliphatic hydroxyl groups is 1. The smallest absolute Gasteiger partial charge is 0.314 e. The van der Waals surface area contributed by atoms with Crippen molar-refractivity contribution < 1.29 is 9.90 Å². The molecule has 1 atom stereocenters. The minimum absolute atomic E-state index is 0.245. The SMILES string of the molecule is C[C@@H](O)CNC(=O)NCCc1nccn1Cc1ccccc1. The molecule has 2 amide bonds. The molecule has 1 aromatic carbocycles. The van der Waals surface area contributed by atoms with Crippen LogP contribution in [0.2, 0.25) is 0 Å². The van der Waals surface area contributed by atoms with E-state index in [4.69, 9.17) is 5.11 Å². The lowest BCUT2D eigenvalue weighted by Crippen LogP contribution is -2.40. The number of amides is 2. The Hall–Kier alpha value is -2.34. The Kier molecular flexibility index (Phi) is 5.97. The minimum atomic E-state index is -0.546. The second-order valence-electron chi connectivity index (χ2n) is 5.19. The van der Waals surface area contributed by atoms with E-state index >= 15 is 0 Å². The molecule has 0 saturated heterocycles. The molecule has 22 heavy (non-hydrogen) atoms. The van der Waals surface area contributed by atoms with Crippen LogP contribution < -0.4 is 10.6 Å². The number of hydrogen-bond donors (Lipinski definition) is 3. The molecule has 2 aromatic rings. The molecule has 0 radical (unpaired) electrons. The van der Waals surface area contributed by atoms with Crippen LogP contribution in [0.15, 0.2) is 42.7 Å². The molecule has 0 bridgehead atoms. The quantitative estimate of drug-likeness (QED) is 0.718. The van der Waals surface area contributed by atoms with Crippen molar-refractivity contribution in [2.75, 3.05) is 13.1 Å². The molecule has 0 aliphatic carbocycles. The Morgan fingerprint density at radius 3 is 2.82 bits per heavy atom. The van der Waals surface area contributed by atoms with E-state index in [1.165, 1.54) is 5.56 Å². The molecule has 0 fully saturated rings. The van der Waals surface area contributed by atoms with E-state index in [-0.39, 0.29) is 12.6 Å². The number of imidazole rings is 1. The lowest BCUT2D eigenvalue weighted by atomic mass is 10.2. The molecule has 0 spiro atoms. The summed E-state index contributed by atoms with van der Waals surface area (Å²) in [5.74, 6) is 0.930. The Bertz CT molecular complexity index is 581. The first-order chi connectivity index (χ1) is 10.6. The normalized spacial score (nSPS) is 11.9. The summed E-state index contributed by atoms with van der Waals surface area (Å²) in [5, 5.41) is 14.4. The molecule has 0 aliphatic heterocycles. The molecule has 6 nitrogen and oxygen atoms in total. The van der Waals surface area contributed by atoms with Gasteiger partial charge in [-0.3, -0.25) is 0 Å². The molecule has 0 unspecified atom stereocenters. The van der Waals surface area contributed by atoms with Crippen LogP contribution in [0.3, 0.4) is 0 Å². The Balaban J connectivity index is 1.79. The second kappa shape index (κ2) is 8.19. The zero-order chi connectivity index (χ0) is 15.8. The first-order valence-electron chi connectivity index (χ1n) is 7.39. The summed E-state index contributed by atoms with van der Waals surface area (Å²) in [6.45, 7) is 3.14. The van der Waals surface area contributed by atoms with Gasteiger partial charge in [0.15, 0.2) is 0 Å². The highest BCUT2D eigenvalue weighted by atomic mass is 16.3. The number of carbonyl (C=O) groups is 1. The van der Waals surface area contributed by atoms with Gasteiger partial charge in [-0.15, -0.1) is 0 Å². The number of rotatable bonds is 7. The third kappa shape index (κ3) is 5.21. The average Bonchev–Trinajstić information content (AvgIpc) is 2.93. The van der Waals surface area contributed by atoms with Crippen LogP contribution in [-0.2, 0) is 13.0 Å². The third-order valence-corrected chi connectivity index (χ3v) is 3.19. The predicted molar refractivity (Wildman–Crippen MR) is 84.6 cm³/mol.